The topological polar surface area (TPSA) is 796 Å². The molecular weight excluding hydrogens is 1970 g/mol. The molecule has 0 spiro atoms. The summed E-state index contributed by atoms with van der Waals surface area (Å²) in [7, 11) is -38.9. The van der Waals surface area contributed by atoms with Crippen LogP contribution in [0.2, 0.25) is 0 Å². The van der Waals surface area contributed by atoms with Gasteiger partial charge in [-0.3, -0.25) is 149 Å². The number of rotatable bonds is 6. The fourth-order valence-corrected chi connectivity index (χ4v) is 21.4. The average Bonchev–Trinajstić information content (AvgIpc) is 1.67. The van der Waals surface area contributed by atoms with Crippen LogP contribution in [0.3, 0.4) is 0 Å². The van der Waals surface area contributed by atoms with Gasteiger partial charge in [-0.05, 0) is 60.8 Å². The van der Waals surface area contributed by atoms with Crippen LogP contribution in [0.1, 0.15) is 135 Å². The highest BCUT2D eigenvalue weighted by Gasteiger charge is 2.53. The highest BCUT2D eigenvalue weighted by molar-refractivity contribution is 7.49. The number of fused-ring (bicyclic) bond motifs is 6. The Kier molecular flexibility index (Phi) is 33.3. The largest absolute Gasteiger partial charge is 0.472 e. The minimum atomic E-state index is -5.79. The van der Waals surface area contributed by atoms with Crippen molar-refractivity contribution >= 4 is 61.0 Å². The molecule has 7 aliphatic heterocycles. The third-order valence-corrected chi connectivity index (χ3v) is 28.7. The Hall–Kier alpha value is -7.92. The van der Waals surface area contributed by atoms with E-state index in [2.05, 4.69) is 15.1 Å². The van der Waals surface area contributed by atoms with Crippen molar-refractivity contribution < 1.29 is 163 Å². The fourth-order valence-electron chi connectivity index (χ4n) is 14.9. The summed E-state index contributed by atoms with van der Waals surface area (Å²) >= 11 is 0. The number of phosphoric acid groups is 7. The van der Waals surface area contributed by atoms with E-state index in [9.17, 15) is 124 Å². The van der Waals surface area contributed by atoms with Crippen LogP contribution in [0.25, 0.3) is 0 Å². The normalized spacial score (nSPS) is 36.1. The second kappa shape index (κ2) is 43.0. The number of H-pyrrole nitrogens is 6. The number of aromatic amines is 6. The van der Waals surface area contributed by atoms with Gasteiger partial charge < -0.3 is 67.5 Å². The zero-order valence-electron chi connectivity index (χ0n) is 71.6. The van der Waals surface area contributed by atoms with E-state index >= 15 is 0 Å². The van der Waals surface area contributed by atoms with E-state index < -0.39 is 324 Å². The first kappa shape index (κ1) is 104. The number of hydrogen-bond donors (Lipinski definition) is 13. The molecule has 7 aliphatic rings. The van der Waals surface area contributed by atoms with Crippen molar-refractivity contribution in [1.82, 2.24) is 57.3 Å². The number of hydrogen-bond acceptors (Lipinski definition) is 41. The molecule has 135 heavy (non-hydrogen) atoms. The first-order valence-electron chi connectivity index (χ1n) is 40.9. The van der Waals surface area contributed by atoms with Gasteiger partial charge in [0.05, 0.1) is 59.1 Å². The summed E-state index contributed by atoms with van der Waals surface area (Å²) < 4.78 is 216. The molecule has 6 fully saturated rings. The van der Waals surface area contributed by atoms with E-state index in [1.807, 2.05) is 19.9 Å². The van der Waals surface area contributed by atoms with Gasteiger partial charge in [0, 0.05) is 109 Å². The second-order valence-corrected chi connectivity index (χ2v) is 41.5. The fraction of sp³-hybridized carbons (Fsp3) is 0.632. The standard InChI is InChI=1S/C68H94N13O47P7/c1-33-21-76(63(88)70-57(33)82)51-15-39-46(118-51)28-112-132(100,101)125-41-17-53(78-23-35(3)59(84)72-65(78)90)120-48(41)30-114-134(104,105)127-43-19-55(80-25-37(5)61(86)74-67(80)92)122-50(43)32-116-135(106,107)128-44-20-56(81-26-38(6)62(87)75-68(81)93)121-49(44)31-115-133(102,103)126-42-18-54(79-24-36(4)60(85)73-66(79)91)119-47(42)29-113-131(98,99)124-40-16-52(77-22-34(2)58(83)71-64(77)89)117-45(40)27-111-129(94,95)109-13-10-8-7-9-12-108-69-11-14-110-130(96,97)123-39/h11,21-26,39-56H,7-10,12-20,27-32H2,1-6H3,(H,94,95)(H,96,97)(H,98,99)(H,100,101)(H,102,103)(H,104,105)(H,106,107)(H,70,82,88)(H,71,83,89)(H,72,84,90)(H,73,85,91)(H,74,86,92)(H,75,87,93)/t39-,40-,41-,42-,43-,44-,45+,46+,47+,48+,49+,50+,51+,52+,53+,54+,55+,56+/m0/s1. The van der Waals surface area contributed by atoms with E-state index in [1.54, 1.807) is 0 Å². The molecule has 0 aromatic carbocycles. The second-order valence-electron chi connectivity index (χ2n) is 31.6. The van der Waals surface area contributed by atoms with Gasteiger partial charge in [0.15, 0.2) is 0 Å². The molecule has 0 saturated carbocycles. The highest BCUT2D eigenvalue weighted by atomic mass is 31.2. The lowest BCUT2D eigenvalue weighted by atomic mass is 10.2. The summed E-state index contributed by atoms with van der Waals surface area (Å²) in [5, 5.41) is 3.67. The van der Waals surface area contributed by atoms with E-state index in [1.165, 1.54) is 41.5 Å². The van der Waals surface area contributed by atoms with Gasteiger partial charge in [0.2, 0.25) is 0 Å². The Balaban J connectivity index is 0.775. The Morgan fingerprint density at radius 3 is 0.674 bits per heavy atom. The lowest BCUT2D eigenvalue weighted by molar-refractivity contribution is -0.0657. The molecule has 0 aliphatic carbocycles. The average molecular weight is 2060 g/mol. The molecule has 7 unspecified atom stereocenters. The van der Waals surface area contributed by atoms with Crippen molar-refractivity contribution in [1.29, 1.82) is 0 Å². The van der Waals surface area contributed by atoms with Crippen molar-refractivity contribution in [3.63, 3.8) is 0 Å². The van der Waals surface area contributed by atoms with Crippen LogP contribution in [0.5, 0.6) is 0 Å². The molecule has 6 saturated heterocycles. The summed E-state index contributed by atoms with van der Waals surface area (Å²) in [5.74, 6) is 0. The third kappa shape index (κ3) is 27.2. The molecule has 0 bridgehead atoms. The quantitative estimate of drug-likeness (QED) is 0.0943. The van der Waals surface area contributed by atoms with Crippen LogP contribution in [0, 0.1) is 41.5 Å². The SMILES string of the molecule is Cc1cn([C@H]2C[C@@H]3OP(=O)(O)OC[C@H]4O[C@@H](n5cc(C)c(=O)[nH]c5=O)C[C@@H]4OP(=O)(O)OC[C@H]4O[C@@H](n5cc(C)c(=O)[nH]c5=O)C[C@@H]4OP(=O)(O)OC[C@H]4O[C@@H](n5cc(C)c(=O)[nH]c5=O)C[C@@H]4OP(=O)(O)OC[C@H]4O[C@@H](n5cc(C)c(=O)[nH]c5=O)C[C@@H]4OP(=O)(O)OC[C@H]4O[C@@H](n5cc(C)c(=O)[nH]c5=O)C[C@@H]4OP(=O)(O)OCC=NOCCCCCCOP(=O)(O)OC[C@H]3O2)c(=O)[nH]c1=O. The summed E-state index contributed by atoms with van der Waals surface area (Å²) in [6.07, 6.45) is -27.2. The Morgan fingerprint density at radius 1 is 0.267 bits per heavy atom. The van der Waals surface area contributed by atoms with Crippen molar-refractivity contribution in [2.75, 3.05) is 59.5 Å². The van der Waals surface area contributed by atoms with Crippen LogP contribution in [-0.4, -0.2) is 230 Å². The van der Waals surface area contributed by atoms with Crippen LogP contribution in [0.4, 0.5) is 0 Å². The Labute approximate surface area is 754 Å². The number of aryl methyl sites for hydroxylation is 6. The minimum Gasteiger partial charge on any atom is -0.396 e. The smallest absolute Gasteiger partial charge is 0.396 e. The number of phosphoric ester groups is 7. The monoisotopic (exact) mass is 2060 g/mol. The molecule has 6 aromatic rings. The molecule has 0 amide bonds. The predicted octanol–water partition coefficient (Wildman–Crippen LogP) is -0.414. The van der Waals surface area contributed by atoms with Crippen LogP contribution >= 0.6 is 54.8 Å². The molecule has 13 rings (SSSR count). The zero-order chi connectivity index (χ0) is 97.9. The molecule has 6 aromatic heterocycles. The molecule has 25 atom stereocenters. The maximum absolute atomic E-state index is 14.5. The Morgan fingerprint density at radius 2 is 0.459 bits per heavy atom. The maximum Gasteiger partial charge on any atom is 0.472 e. The molecule has 13 N–H and O–H groups in total. The molecule has 13 heterocycles. The lowest BCUT2D eigenvalue weighted by Gasteiger charge is -2.26. The Bertz CT molecular complexity index is 6450. The van der Waals surface area contributed by atoms with E-state index in [-0.39, 0.29) is 46.4 Å². The van der Waals surface area contributed by atoms with Gasteiger partial charge in [0.1, 0.15) is 117 Å². The van der Waals surface area contributed by atoms with E-state index in [0.29, 0.717) is 19.3 Å². The minimum absolute atomic E-state index is 0.0220. The lowest BCUT2D eigenvalue weighted by Crippen LogP contribution is -2.33. The summed E-state index contributed by atoms with van der Waals surface area (Å²) in [6, 6.07) is 0. The van der Waals surface area contributed by atoms with Crippen LogP contribution in [-0.2, 0) is 129 Å². The predicted molar refractivity (Wildman–Crippen MR) is 446 cm³/mol. The van der Waals surface area contributed by atoms with Crippen LogP contribution < -0.4 is 67.5 Å². The molecular formula is C68H94N13O47P7. The van der Waals surface area contributed by atoms with Crippen molar-refractivity contribution in [3.05, 3.63) is 196 Å². The summed E-state index contributed by atoms with van der Waals surface area (Å²) in [6.45, 7) is -0.548. The van der Waals surface area contributed by atoms with Crippen molar-refractivity contribution in [3.8, 4) is 0 Å². The molecule has 0 radical (unpaired) electrons. The number of oxime groups is 1. The van der Waals surface area contributed by atoms with Gasteiger partial charge >= 0.3 is 88.9 Å². The van der Waals surface area contributed by atoms with Gasteiger partial charge in [-0.2, -0.15) is 0 Å². The van der Waals surface area contributed by atoms with Gasteiger partial charge in [0.25, 0.3) is 33.4 Å². The summed E-state index contributed by atoms with van der Waals surface area (Å²) in [4.78, 5) is 252. The third-order valence-electron chi connectivity index (χ3n) is 21.7. The number of nitrogens with zero attached hydrogens (tertiary/aromatic N) is 7. The zero-order valence-corrected chi connectivity index (χ0v) is 77.9. The van der Waals surface area contributed by atoms with Gasteiger partial charge in [-0.1, -0.05) is 11.6 Å². The highest BCUT2D eigenvalue weighted by Crippen LogP contribution is 2.58. The molecule has 60 nitrogen and oxygen atoms in total. The van der Waals surface area contributed by atoms with Crippen molar-refractivity contribution in [2.24, 2.45) is 5.16 Å². The van der Waals surface area contributed by atoms with Gasteiger partial charge in [-0.25, -0.2) is 60.7 Å². The number of aromatic nitrogens is 12. The molecule has 748 valence electrons. The molecule has 67 heteroatoms. The maximum atomic E-state index is 14.5. The van der Waals surface area contributed by atoms with Crippen molar-refractivity contribution in [2.45, 2.75) is 216 Å². The number of nitrogens with one attached hydrogen (secondary N) is 6. The number of ether oxygens (including phenoxy) is 6. The van der Waals surface area contributed by atoms with E-state index in [4.69, 9.17) is 96.6 Å². The summed E-state index contributed by atoms with van der Waals surface area (Å²) in [5.41, 5.74) is -12.1. The van der Waals surface area contributed by atoms with Gasteiger partial charge in [-0.15, -0.1) is 0 Å². The van der Waals surface area contributed by atoms with E-state index in [0.717, 1.165) is 70.8 Å². The first-order chi connectivity index (χ1) is 63.3. The first-order valence-corrected chi connectivity index (χ1v) is 51.4. The van der Waals surface area contributed by atoms with Crippen LogP contribution in [0.15, 0.2) is 99.9 Å².